The van der Waals surface area contributed by atoms with E-state index in [9.17, 15) is 18.3 Å². The third-order valence-electron chi connectivity index (χ3n) is 4.98. The molecule has 0 aromatic heterocycles. The van der Waals surface area contributed by atoms with Crippen LogP contribution < -0.4 is 0 Å². The minimum absolute atomic E-state index is 0.462. The third-order valence-corrected chi connectivity index (χ3v) is 4.98. The molecule has 2 nitrogen and oxygen atoms in total. The van der Waals surface area contributed by atoms with Crippen LogP contribution in [0.1, 0.15) is 51.4 Å². The Morgan fingerprint density at radius 3 is 2.20 bits per heavy atom. The zero-order valence-electron chi connectivity index (χ0n) is 12.0. The van der Waals surface area contributed by atoms with Crippen LogP contribution in [0.15, 0.2) is 0 Å². The van der Waals surface area contributed by atoms with Gasteiger partial charge in [-0.2, -0.15) is 13.2 Å². The van der Waals surface area contributed by atoms with Crippen molar-refractivity contribution in [1.82, 2.24) is 4.90 Å². The second-order valence-corrected chi connectivity index (χ2v) is 6.46. The van der Waals surface area contributed by atoms with Crippen LogP contribution in [0.25, 0.3) is 0 Å². The number of nitrogens with zero attached hydrogens (tertiary/aromatic N) is 1. The predicted molar refractivity (Wildman–Crippen MR) is 72.4 cm³/mol. The molecule has 0 amide bonds. The van der Waals surface area contributed by atoms with Crippen molar-refractivity contribution in [3.63, 3.8) is 0 Å². The monoisotopic (exact) mass is 293 g/mol. The van der Waals surface area contributed by atoms with Crippen molar-refractivity contribution >= 4 is 0 Å². The molecule has 0 aromatic rings. The Labute approximate surface area is 119 Å². The minimum atomic E-state index is -4.46. The molecule has 1 atom stereocenters. The third kappa shape index (κ3) is 4.62. The Balaban J connectivity index is 1.61. The number of hydrogen-bond donors (Lipinski definition) is 1. The van der Waals surface area contributed by atoms with Crippen LogP contribution in [-0.4, -0.2) is 41.9 Å². The standard InChI is InChI=1S/C15H26F3NO/c16-15(17,18)14(20)13-7-10-19(11-8-13)9-3-6-12-4-1-2-5-12/h12-14,20H,1-11H2. The van der Waals surface area contributed by atoms with Crippen molar-refractivity contribution in [3.05, 3.63) is 0 Å². The fraction of sp³-hybridized carbons (Fsp3) is 1.00. The second kappa shape index (κ2) is 7.12. The lowest BCUT2D eigenvalue weighted by atomic mass is 9.90. The van der Waals surface area contributed by atoms with E-state index in [0.29, 0.717) is 25.9 Å². The molecular formula is C15H26F3NO. The molecule has 1 aliphatic carbocycles. The minimum Gasteiger partial charge on any atom is -0.383 e. The van der Waals surface area contributed by atoms with Crippen molar-refractivity contribution in [2.24, 2.45) is 11.8 Å². The topological polar surface area (TPSA) is 23.5 Å². The van der Waals surface area contributed by atoms with E-state index in [0.717, 1.165) is 18.9 Å². The number of aliphatic hydroxyl groups excluding tert-OH is 1. The summed E-state index contributed by atoms with van der Waals surface area (Å²) in [6.45, 7) is 2.40. The van der Waals surface area contributed by atoms with Crippen LogP contribution in [0.2, 0.25) is 0 Å². The summed E-state index contributed by atoms with van der Waals surface area (Å²) in [4.78, 5) is 2.26. The number of alkyl halides is 3. The molecule has 0 aromatic carbocycles. The van der Waals surface area contributed by atoms with Crippen molar-refractivity contribution in [2.45, 2.75) is 63.6 Å². The van der Waals surface area contributed by atoms with Crippen LogP contribution in [0.5, 0.6) is 0 Å². The van der Waals surface area contributed by atoms with Crippen molar-refractivity contribution in [1.29, 1.82) is 0 Å². The van der Waals surface area contributed by atoms with E-state index >= 15 is 0 Å². The summed E-state index contributed by atoms with van der Waals surface area (Å²) in [5.41, 5.74) is 0. The molecule has 5 heteroatoms. The highest BCUT2D eigenvalue weighted by atomic mass is 19.4. The van der Waals surface area contributed by atoms with E-state index in [1.807, 2.05) is 0 Å². The van der Waals surface area contributed by atoms with Gasteiger partial charge in [-0.3, -0.25) is 0 Å². The van der Waals surface area contributed by atoms with Gasteiger partial charge in [0.1, 0.15) is 0 Å². The molecule has 1 aliphatic heterocycles. The van der Waals surface area contributed by atoms with Crippen LogP contribution in [-0.2, 0) is 0 Å². The van der Waals surface area contributed by atoms with Gasteiger partial charge in [0, 0.05) is 0 Å². The van der Waals surface area contributed by atoms with Crippen molar-refractivity contribution in [2.75, 3.05) is 19.6 Å². The Hall–Kier alpha value is -0.290. The molecule has 0 spiro atoms. The Morgan fingerprint density at radius 2 is 1.65 bits per heavy atom. The van der Waals surface area contributed by atoms with Crippen LogP contribution in [0, 0.1) is 11.8 Å². The lowest BCUT2D eigenvalue weighted by molar-refractivity contribution is -0.223. The smallest absolute Gasteiger partial charge is 0.383 e. The first-order valence-corrected chi connectivity index (χ1v) is 7.94. The fourth-order valence-corrected chi connectivity index (χ4v) is 3.66. The summed E-state index contributed by atoms with van der Waals surface area (Å²) in [5.74, 6) is 0.278. The molecule has 1 unspecified atom stereocenters. The maximum Gasteiger partial charge on any atom is 0.414 e. The summed E-state index contributed by atoms with van der Waals surface area (Å²) in [6.07, 6.45) is 2.21. The van der Waals surface area contributed by atoms with Gasteiger partial charge in [-0.05, 0) is 57.2 Å². The second-order valence-electron chi connectivity index (χ2n) is 6.46. The normalized spacial score (nSPS) is 25.2. The van der Waals surface area contributed by atoms with E-state index in [2.05, 4.69) is 4.90 Å². The van der Waals surface area contributed by atoms with E-state index in [1.165, 1.54) is 32.1 Å². The zero-order chi connectivity index (χ0) is 14.6. The number of halogens is 3. The van der Waals surface area contributed by atoms with E-state index in [1.54, 1.807) is 0 Å². The Morgan fingerprint density at radius 1 is 1.05 bits per heavy atom. The van der Waals surface area contributed by atoms with Gasteiger partial charge in [-0.15, -0.1) is 0 Å². The molecule has 1 saturated heterocycles. The summed E-state index contributed by atoms with van der Waals surface area (Å²) >= 11 is 0. The van der Waals surface area contributed by atoms with Crippen molar-refractivity contribution in [3.8, 4) is 0 Å². The zero-order valence-corrected chi connectivity index (χ0v) is 12.0. The molecule has 0 radical (unpaired) electrons. The van der Waals surface area contributed by atoms with E-state index < -0.39 is 18.2 Å². The lowest BCUT2D eigenvalue weighted by Gasteiger charge is -2.34. The number of aliphatic hydroxyl groups is 1. The SMILES string of the molecule is OC(C1CCN(CCCC2CCCC2)CC1)C(F)(F)F. The number of likely N-dealkylation sites (tertiary alicyclic amines) is 1. The molecule has 20 heavy (non-hydrogen) atoms. The highest BCUT2D eigenvalue weighted by molar-refractivity contribution is 4.81. The molecule has 1 N–H and O–H groups in total. The maximum atomic E-state index is 12.4. The number of rotatable bonds is 5. The van der Waals surface area contributed by atoms with Gasteiger partial charge in [0.15, 0.2) is 6.10 Å². The van der Waals surface area contributed by atoms with Crippen molar-refractivity contribution < 1.29 is 18.3 Å². The van der Waals surface area contributed by atoms with Crippen LogP contribution in [0.3, 0.4) is 0 Å². The highest BCUT2D eigenvalue weighted by Crippen LogP contribution is 2.32. The molecule has 2 aliphatic rings. The van der Waals surface area contributed by atoms with Crippen LogP contribution >= 0.6 is 0 Å². The lowest BCUT2D eigenvalue weighted by Crippen LogP contribution is -2.43. The molecule has 2 rings (SSSR count). The van der Waals surface area contributed by atoms with E-state index in [-0.39, 0.29) is 0 Å². The van der Waals surface area contributed by atoms with Gasteiger partial charge < -0.3 is 10.0 Å². The van der Waals surface area contributed by atoms with E-state index in [4.69, 9.17) is 0 Å². The molecule has 118 valence electrons. The van der Waals surface area contributed by atoms with Gasteiger partial charge in [-0.1, -0.05) is 25.7 Å². The first kappa shape index (κ1) is 16.1. The first-order valence-electron chi connectivity index (χ1n) is 7.94. The predicted octanol–water partition coefficient (Wildman–Crippen LogP) is 3.59. The van der Waals surface area contributed by atoms with Crippen LogP contribution in [0.4, 0.5) is 13.2 Å². The molecule has 0 bridgehead atoms. The van der Waals surface area contributed by atoms with Gasteiger partial charge in [0.05, 0.1) is 0 Å². The average Bonchev–Trinajstić information content (AvgIpc) is 2.91. The highest BCUT2D eigenvalue weighted by Gasteiger charge is 2.44. The maximum absolute atomic E-state index is 12.4. The van der Waals surface area contributed by atoms with Gasteiger partial charge in [0.2, 0.25) is 0 Å². The quantitative estimate of drug-likeness (QED) is 0.837. The number of piperidine rings is 1. The average molecular weight is 293 g/mol. The van der Waals surface area contributed by atoms with Gasteiger partial charge in [0.25, 0.3) is 0 Å². The largest absolute Gasteiger partial charge is 0.414 e. The summed E-state index contributed by atoms with van der Waals surface area (Å²) in [6, 6.07) is 0. The summed E-state index contributed by atoms with van der Waals surface area (Å²) in [7, 11) is 0. The molecule has 2 fully saturated rings. The fourth-order valence-electron chi connectivity index (χ4n) is 3.66. The Kier molecular flexibility index (Phi) is 5.73. The Bertz CT molecular complexity index is 281. The summed E-state index contributed by atoms with van der Waals surface area (Å²) in [5, 5.41) is 9.27. The molecule has 1 heterocycles. The first-order chi connectivity index (χ1) is 9.47. The molecular weight excluding hydrogens is 267 g/mol. The summed E-state index contributed by atoms with van der Waals surface area (Å²) < 4.78 is 37.3. The van der Waals surface area contributed by atoms with Gasteiger partial charge >= 0.3 is 6.18 Å². The molecule has 1 saturated carbocycles. The van der Waals surface area contributed by atoms with Gasteiger partial charge in [-0.25, -0.2) is 0 Å². The number of hydrogen-bond acceptors (Lipinski definition) is 2.